The first kappa shape index (κ1) is 14.6. The number of rotatable bonds is 6. The molecule has 1 heterocycles. The largest absolute Gasteiger partial charge is 0.376 e. The Labute approximate surface area is 124 Å². The third-order valence-electron chi connectivity index (χ3n) is 3.35. The molecule has 1 atom stereocenters. The molecule has 2 aromatic rings. The highest BCUT2D eigenvalue weighted by atomic mass is 32.1. The van der Waals surface area contributed by atoms with Gasteiger partial charge in [0, 0.05) is 30.1 Å². The molecule has 106 valence electrons. The second kappa shape index (κ2) is 7.10. The molecule has 0 saturated heterocycles. The van der Waals surface area contributed by atoms with E-state index in [1.807, 2.05) is 48.3 Å². The fourth-order valence-electron chi connectivity index (χ4n) is 1.96. The third kappa shape index (κ3) is 4.10. The molecule has 3 nitrogen and oxygen atoms in total. The minimum absolute atomic E-state index is 0.109. The van der Waals surface area contributed by atoms with Crippen LogP contribution in [-0.4, -0.2) is 30.4 Å². The zero-order valence-electron chi connectivity index (χ0n) is 11.9. The number of nitrogens with one attached hydrogen (secondary N) is 1. The molecule has 0 aliphatic heterocycles. The van der Waals surface area contributed by atoms with Crippen LogP contribution in [0, 0.1) is 0 Å². The van der Waals surface area contributed by atoms with Gasteiger partial charge in [-0.15, -0.1) is 11.3 Å². The van der Waals surface area contributed by atoms with Crippen molar-refractivity contribution < 1.29 is 4.79 Å². The first-order valence-electron chi connectivity index (χ1n) is 6.74. The quantitative estimate of drug-likeness (QED) is 0.885. The highest BCUT2D eigenvalue weighted by Gasteiger charge is 2.16. The second-order valence-electron chi connectivity index (χ2n) is 4.86. The van der Waals surface area contributed by atoms with Gasteiger partial charge in [-0.3, -0.25) is 4.79 Å². The average Bonchev–Trinajstić information content (AvgIpc) is 2.98. The standard InChI is InChI=1S/C16H20N2OS/c1-13(11-15-9-6-10-20-15)18(2)16(19)12-17-14-7-4-3-5-8-14/h3-10,13,17H,11-12H2,1-2H3. The predicted octanol–water partition coefficient (Wildman–Crippen LogP) is 3.25. The van der Waals surface area contributed by atoms with Crippen molar-refractivity contribution in [2.75, 3.05) is 18.9 Å². The summed E-state index contributed by atoms with van der Waals surface area (Å²) in [6.07, 6.45) is 0.908. The molecule has 2 rings (SSSR count). The van der Waals surface area contributed by atoms with Crippen LogP contribution in [-0.2, 0) is 11.2 Å². The van der Waals surface area contributed by atoms with E-state index in [9.17, 15) is 4.79 Å². The van der Waals surface area contributed by atoms with Crippen LogP contribution in [0.3, 0.4) is 0 Å². The Hall–Kier alpha value is -1.81. The summed E-state index contributed by atoms with van der Waals surface area (Å²) in [7, 11) is 1.87. The first-order valence-corrected chi connectivity index (χ1v) is 7.61. The number of thiophene rings is 1. The van der Waals surface area contributed by atoms with E-state index in [-0.39, 0.29) is 11.9 Å². The molecule has 4 heteroatoms. The Morgan fingerprint density at radius 3 is 2.65 bits per heavy atom. The molecule has 1 amide bonds. The van der Waals surface area contributed by atoms with Crippen molar-refractivity contribution in [1.82, 2.24) is 4.90 Å². The van der Waals surface area contributed by atoms with Crippen LogP contribution in [0.15, 0.2) is 47.8 Å². The van der Waals surface area contributed by atoms with Gasteiger partial charge in [0.05, 0.1) is 6.54 Å². The Kier molecular flexibility index (Phi) is 5.18. The molecule has 0 bridgehead atoms. The first-order chi connectivity index (χ1) is 9.66. The Morgan fingerprint density at radius 2 is 2.00 bits per heavy atom. The molecule has 0 aliphatic rings. The van der Waals surface area contributed by atoms with Crippen molar-refractivity contribution >= 4 is 22.9 Å². The maximum atomic E-state index is 12.2. The fourth-order valence-corrected chi connectivity index (χ4v) is 2.79. The summed E-state index contributed by atoms with van der Waals surface area (Å²) in [4.78, 5) is 15.3. The summed E-state index contributed by atoms with van der Waals surface area (Å²) < 4.78 is 0. The minimum atomic E-state index is 0.109. The SMILES string of the molecule is CC(Cc1cccs1)N(C)C(=O)CNc1ccccc1. The molecule has 20 heavy (non-hydrogen) atoms. The van der Waals surface area contributed by atoms with Crippen LogP contribution in [0.5, 0.6) is 0 Å². The van der Waals surface area contributed by atoms with Gasteiger partial charge in [-0.2, -0.15) is 0 Å². The minimum Gasteiger partial charge on any atom is -0.376 e. The van der Waals surface area contributed by atoms with E-state index in [0.29, 0.717) is 6.54 Å². The highest BCUT2D eigenvalue weighted by molar-refractivity contribution is 7.09. The van der Waals surface area contributed by atoms with Gasteiger partial charge in [0.15, 0.2) is 0 Å². The summed E-state index contributed by atoms with van der Waals surface area (Å²) in [6.45, 7) is 2.41. The second-order valence-corrected chi connectivity index (χ2v) is 5.89. The number of hydrogen-bond acceptors (Lipinski definition) is 3. The van der Waals surface area contributed by atoms with Gasteiger partial charge < -0.3 is 10.2 Å². The lowest BCUT2D eigenvalue weighted by molar-refractivity contribution is -0.129. The lowest BCUT2D eigenvalue weighted by Crippen LogP contribution is -2.39. The molecule has 1 unspecified atom stereocenters. The molecular formula is C16H20N2OS. The van der Waals surface area contributed by atoms with E-state index in [1.54, 1.807) is 11.3 Å². The Balaban J connectivity index is 1.82. The van der Waals surface area contributed by atoms with E-state index in [4.69, 9.17) is 0 Å². The average molecular weight is 288 g/mol. The fraction of sp³-hybridized carbons (Fsp3) is 0.312. The van der Waals surface area contributed by atoms with Crippen molar-refractivity contribution in [3.05, 3.63) is 52.7 Å². The van der Waals surface area contributed by atoms with Crippen LogP contribution < -0.4 is 5.32 Å². The number of carbonyl (C=O) groups excluding carboxylic acids is 1. The van der Waals surface area contributed by atoms with E-state index in [0.717, 1.165) is 12.1 Å². The number of benzene rings is 1. The summed E-state index contributed by atoms with van der Waals surface area (Å²) in [5, 5.41) is 5.22. The molecule has 0 aliphatic carbocycles. The molecule has 1 aromatic carbocycles. The van der Waals surface area contributed by atoms with Crippen LogP contribution in [0.25, 0.3) is 0 Å². The van der Waals surface area contributed by atoms with Crippen molar-refractivity contribution in [3.8, 4) is 0 Å². The monoisotopic (exact) mass is 288 g/mol. The molecule has 0 fully saturated rings. The summed E-state index contributed by atoms with van der Waals surface area (Å²) in [5.41, 5.74) is 0.972. The molecule has 0 radical (unpaired) electrons. The summed E-state index contributed by atoms with van der Waals surface area (Å²) >= 11 is 1.74. The van der Waals surface area contributed by atoms with Gasteiger partial charge in [0.25, 0.3) is 0 Å². The van der Waals surface area contributed by atoms with E-state index in [2.05, 4.69) is 23.7 Å². The Bertz CT molecular complexity index is 525. The van der Waals surface area contributed by atoms with Gasteiger partial charge in [0.1, 0.15) is 0 Å². The third-order valence-corrected chi connectivity index (χ3v) is 4.25. The highest BCUT2D eigenvalue weighted by Crippen LogP contribution is 2.13. The number of para-hydroxylation sites is 1. The van der Waals surface area contributed by atoms with E-state index < -0.39 is 0 Å². The predicted molar refractivity (Wildman–Crippen MR) is 85.2 cm³/mol. The molecular weight excluding hydrogens is 268 g/mol. The zero-order valence-corrected chi connectivity index (χ0v) is 12.7. The van der Waals surface area contributed by atoms with Gasteiger partial charge in [0.2, 0.25) is 5.91 Å². The molecule has 1 N–H and O–H groups in total. The molecule has 0 saturated carbocycles. The topological polar surface area (TPSA) is 32.3 Å². The van der Waals surface area contributed by atoms with Crippen molar-refractivity contribution in [1.29, 1.82) is 0 Å². The number of hydrogen-bond donors (Lipinski definition) is 1. The number of carbonyl (C=O) groups is 1. The number of amides is 1. The number of nitrogens with zero attached hydrogens (tertiary/aromatic N) is 1. The van der Waals surface area contributed by atoms with Crippen molar-refractivity contribution in [2.24, 2.45) is 0 Å². The lowest BCUT2D eigenvalue weighted by atomic mass is 10.2. The zero-order chi connectivity index (χ0) is 14.4. The van der Waals surface area contributed by atoms with Crippen LogP contribution >= 0.6 is 11.3 Å². The Morgan fingerprint density at radius 1 is 1.25 bits per heavy atom. The van der Waals surface area contributed by atoms with E-state index in [1.165, 1.54) is 4.88 Å². The molecule has 0 spiro atoms. The maximum Gasteiger partial charge on any atom is 0.241 e. The van der Waals surface area contributed by atoms with Gasteiger partial charge in [-0.25, -0.2) is 0 Å². The number of likely N-dealkylation sites (N-methyl/N-ethyl adjacent to an activating group) is 1. The smallest absolute Gasteiger partial charge is 0.241 e. The maximum absolute atomic E-state index is 12.2. The van der Waals surface area contributed by atoms with Crippen LogP contribution in [0.1, 0.15) is 11.8 Å². The number of anilines is 1. The van der Waals surface area contributed by atoms with Crippen LogP contribution in [0.4, 0.5) is 5.69 Å². The summed E-state index contributed by atoms with van der Waals surface area (Å²) in [6, 6.07) is 14.2. The lowest BCUT2D eigenvalue weighted by Gasteiger charge is -2.25. The van der Waals surface area contributed by atoms with Crippen molar-refractivity contribution in [2.45, 2.75) is 19.4 Å². The van der Waals surface area contributed by atoms with Gasteiger partial charge >= 0.3 is 0 Å². The van der Waals surface area contributed by atoms with Crippen LogP contribution in [0.2, 0.25) is 0 Å². The molecule has 1 aromatic heterocycles. The van der Waals surface area contributed by atoms with Gasteiger partial charge in [-0.05, 0) is 30.5 Å². The summed E-state index contributed by atoms with van der Waals surface area (Å²) in [5.74, 6) is 0.109. The van der Waals surface area contributed by atoms with Crippen molar-refractivity contribution in [3.63, 3.8) is 0 Å². The van der Waals surface area contributed by atoms with Gasteiger partial charge in [-0.1, -0.05) is 24.3 Å². The normalized spacial score (nSPS) is 11.9. The van der Waals surface area contributed by atoms with E-state index >= 15 is 0 Å².